The first-order valence-electron chi connectivity index (χ1n) is 13.6. The molecule has 2 aromatic rings. The van der Waals surface area contributed by atoms with Crippen LogP contribution in [0.15, 0.2) is 18.5 Å². The molecule has 2 fully saturated rings. The van der Waals surface area contributed by atoms with Gasteiger partial charge in [-0.05, 0) is 79.4 Å². The van der Waals surface area contributed by atoms with Gasteiger partial charge in [-0.1, -0.05) is 6.07 Å². The molecule has 0 radical (unpaired) electrons. The van der Waals surface area contributed by atoms with Crippen molar-refractivity contribution in [3.63, 3.8) is 0 Å². The van der Waals surface area contributed by atoms with Crippen molar-refractivity contribution in [3.05, 3.63) is 29.6 Å². The lowest BCUT2D eigenvalue weighted by molar-refractivity contribution is 0.00578. The van der Waals surface area contributed by atoms with Gasteiger partial charge in [-0.2, -0.15) is 11.8 Å². The quantitative estimate of drug-likeness (QED) is 0.467. The average Bonchev–Trinajstić information content (AvgIpc) is 2.98. The Labute approximate surface area is 236 Å². The van der Waals surface area contributed by atoms with Crippen LogP contribution in [0.5, 0.6) is 5.75 Å². The lowest BCUT2D eigenvalue weighted by Gasteiger charge is -2.32. The number of aromatic nitrogens is 2. The van der Waals surface area contributed by atoms with Gasteiger partial charge in [-0.25, -0.2) is 19.7 Å². The van der Waals surface area contributed by atoms with Crippen LogP contribution in [0.3, 0.4) is 0 Å². The van der Waals surface area contributed by atoms with Crippen molar-refractivity contribution in [3.8, 4) is 5.75 Å². The zero-order chi connectivity index (χ0) is 28.3. The third-order valence-corrected chi connectivity index (χ3v) is 8.63. The molecule has 11 heteroatoms. The summed E-state index contributed by atoms with van der Waals surface area (Å²) in [5.74, 6) is 3.87. The highest BCUT2D eigenvalue weighted by atomic mass is 32.2. The molecule has 5 rings (SSSR count). The first-order valence-corrected chi connectivity index (χ1v) is 14.7. The van der Waals surface area contributed by atoms with Crippen LogP contribution in [-0.4, -0.2) is 64.6 Å². The van der Waals surface area contributed by atoms with Crippen LogP contribution in [0.25, 0.3) is 0 Å². The van der Waals surface area contributed by atoms with E-state index >= 15 is 0 Å². The molecule has 0 bridgehead atoms. The molecule has 3 aliphatic heterocycles. The maximum absolute atomic E-state index is 13.9. The molecular weight excluding hydrogens is 515 g/mol. The molecular formula is C28H39BN4O5S. The normalized spacial score (nSPS) is 22.1. The predicted molar refractivity (Wildman–Crippen MR) is 156 cm³/mol. The van der Waals surface area contributed by atoms with Gasteiger partial charge in [-0.15, -0.1) is 0 Å². The lowest BCUT2D eigenvalue weighted by atomic mass is 9.78. The molecule has 1 atom stereocenters. The monoisotopic (exact) mass is 554 g/mol. The molecule has 210 valence electrons. The van der Waals surface area contributed by atoms with Crippen molar-refractivity contribution < 1.29 is 23.6 Å². The van der Waals surface area contributed by atoms with Gasteiger partial charge in [0.25, 0.3) is 0 Å². The van der Waals surface area contributed by atoms with E-state index < -0.39 is 36.1 Å². The van der Waals surface area contributed by atoms with Gasteiger partial charge in [0, 0.05) is 24.6 Å². The second kappa shape index (κ2) is 9.85. The fraction of sp³-hybridized carbons (Fsp3) is 0.607. The number of nitrogens with zero attached hydrogens (tertiary/aromatic N) is 4. The second-order valence-electron chi connectivity index (χ2n) is 12.4. The van der Waals surface area contributed by atoms with E-state index in [1.807, 2.05) is 86.2 Å². The molecule has 3 aliphatic rings. The van der Waals surface area contributed by atoms with E-state index in [0.717, 1.165) is 47.0 Å². The fourth-order valence-electron chi connectivity index (χ4n) is 5.01. The van der Waals surface area contributed by atoms with Crippen molar-refractivity contribution in [2.75, 3.05) is 34.4 Å². The summed E-state index contributed by atoms with van der Waals surface area (Å²) in [4.78, 5) is 27.1. The number of hydrogen-bond acceptors (Lipinski definition) is 9. The number of hydrogen-bond donors (Lipinski definition) is 0. The number of thioether (sulfide) groups is 1. The van der Waals surface area contributed by atoms with Crippen LogP contribution >= 0.6 is 11.8 Å². The lowest BCUT2D eigenvalue weighted by Crippen LogP contribution is -2.41. The summed E-state index contributed by atoms with van der Waals surface area (Å²) in [6, 6.07) is 3.90. The van der Waals surface area contributed by atoms with Gasteiger partial charge in [0.05, 0.1) is 22.5 Å². The minimum Gasteiger partial charge on any atom is -0.483 e. The maximum Gasteiger partial charge on any atom is 0.494 e. The number of fused-ring (bicyclic) bond motifs is 2. The third kappa shape index (κ3) is 5.21. The number of carbonyl (C=O) groups excluding carboxylic acids is 1. The van der Waals surface area contributed by atoms with Gasteiger partial charge in [0.1, 0.15) is 29.6 Å². The van der Waals surface area contributed by atoms with Crippen molar-refractivity contribution in [1.29, 1.82) is 0 Å². The van der Waals surface area contributed by atoms with Crippen molar-refractivity contribution in [1.82, 2.24) is 9.97 Å². The number of benzene rings is 1. The van der Waals surface area contributed by atoms with E-state index in [-0.39, 0.29) is 0 Å². The van der Waals surface area contributed by atoms with Crippen molar-refractivity contribution in [2.24, 2.45) is 0 Å². The van der Waals surface area contributed by atoms with E-state index in [1.54, 1.807) is 0 Å². The zero-order valence-corrected chi connectivity index (χ0v) is 25.3. The zero-order valence-electron chi connectivity index (χ0n) is 24.5. The molecule has 1 unspecified atom stereocenters. The number of carbonyl (C=O) groups is 1. The largest absolute Gasteiger partial charge is 0.494 e. The van der Waals surface area contributed by atoms with E-state index in [4.69, 9.17) is 18.8 Å². The molecule has 9 nitrogen and oxygen atoms in total. The Morgan fingerprint density at radius 1 is 1.08 bits per heavy atom. The standard InChI is InChI=1S/C28H39BN4O5S/c1-17-14-19(29-37-27(6,7)28(8,9)38-29)15-20-22(17)35-18(2)21-23(32-10-12-39-13-11-32)30-16-31-24(21)33(20)25(34)36-26(3,4)5/h14-16,18H,10-13H2,1-9H3. The van der Waals surface area contributed by atoms with Gasteiger partial charge < -0.3 is 23.7 Å². The topological polar surface area (TPSA) is 86.3 Å². The van der Waals surface area contributed by atoms with E-state index in [0.29, 0.717) is 17.3 Å². The van der Waals surface area contributed by atoms with Gasteiger partial charge in [0.2, 0.25) is 0 Å². The summed E-state index contributed by atoms with van der Waals surface area (Å²) in [6.45, 7) is 19.3. The maximum atomic E-state index is 13.9. The molecule has 2 saturated heterocycles. The number of amides is 1. The molecule has 0 saturated carbocycles. The van der Waals surface area contributed by atoms with Crippen LogP contribution in [0.2, 0.25) is 0 Å². The molecule has 0 aliphatic carbocycles. The average molecular weight is 555 g/mol. The summed E-state index contributed by atoms with van der Waals surface area (Å²) in [5, 5.41) is 0. The van der Waals surface area contributed by atoms with Crippen molar-refractivity contribution >= 4 is 47.8 Å². The Morgan fingerprint density at radius 3 is 2.31 bits per heavy atom. The Kier molecular flexibility index (Phi) is 7.09. The minimum absolute atomic E-state index is 0.404. The Bertz CT molecular complexity index is 1260. The highest BCUT2D eigenvalue weighted by Crippen LogP contribution is 2.47. The molecule has 0 N–H and O–H groups in total. The summed E-state index contributed by atoms with van der Waals surface area (Å²) in [7, 11) is -0.605. The number of rotatable bonds is 2. The van der Waals surface area contributed by atoms with Crippen LogP contribution < -0.4 is 20.0 Å². The first kappa shape index (κ1) is 28.0. The van der Waals surface area contributed by atoms with Crippen molar-refractivity contribution in [2.45, 2.75) is 85.2 Å². The molecule has 1 aromatic heterocycles. The SMILES string of the molecule is Cc1cc(B2OC(C)(C)C(C)(C)O2)cc2c1OC(C)c1c(N3CCSCC3)ncnc1N2C(=O)OC(C)(C)C. The van der Waals surface area contributed by atoms with Crippen LogP contribution in [0.1, 0.15) is 72.6 Å². The molecule has 0 spiro atoms. The fourth-order valence-corrected chi connectivity index (χ4v) is 5.91. The van der Waals surface area contributed by atoms with Gasteiger partial charge >= 0.3 is 13.2 Å². The van der Waals surface area contributed by atoms with E-state index in [2.05, 4.69) is 14.9 Å². The smallest absolute Gasteiger partial charge is 0.483 e. The third-order valence-electron chi connectivity index (χ3n) is 7.69. The number of anilines is 3. The summed E-state index contributed by atoms with van der Waals surface area (Å²) < 4.78 is 25.3. The van der Waals surface area contributed by atoms with Crippen LogP contribution in [-0.2, 0) is 14.0 Å². The number of aryl methyl sites for hydroxylation is 1. The highest BCUT2D eigenvalue weighted by molar-refractivity contribution is 7.99. The van der Waals surface area contributed by atoms with E-state index in [1.165, 1.54) is 11.2 Å². The molecule has 4 heterocycles. The van der Waals surface area contributed by atoms with Crippen LogP contribution in [0, 0.1) is 6.92 Å². The molecule has 39 heavy (non-hydrogen) atoms. The second-order valence-corrected chi connectivity index (χ2v) is 13.6. The molecule has 1 aromatic carbocycles. The molecule has 1 amide bonds. The Hall–Kier alpha value is -2.50. The predicted octanol–water partition coefficient (Wildman–Crippen LogP) is 5.16. The summed E-state index contributed by atoms with van der Waals surface area (Å²) >= 11 is 1.93. The van der Waals surface area contributed by atoms with Gasteiger partial charge in [0.15, 0.2) is 5.82 Å². The van der Waals surface area contributed by atoms with Crippen LogP contribution in [0.4, 0.5) is 22.1 Å². The number of ether oxygens (including phenoxy) is 2. The Balaban J connectivity index is 1.68. The first-order chi connectivity index (χ1) is 18.2. The highest BCUT2D eigenvalue weighted by Gasteiger charge is 2.52. The van der Waals surface area contributed by atoms with Gasteiger partial charge in [-0.3, -0.25) is 0 Å². The minimum atomic E-state index is -0.714. The Morgan fingerprint density at radius 2 is 1.69 bits per heavy atom. The summed E-state index contributed by atoms with van der Waals surface area (Å²) in [5.41, 5.74) is 1.23. The summed E-state index contributed by atoms with van der Waals surface area (Å²) in [6.07, 6.45) is 0.584. The van der Waals surface area contributed by atoms with E-state index in [9.17, 15) is 4.79 Å².